The number of carboxylic acid groups (broad SMARTS) is 1. The number of oxazole rings is 1. The van der Waals surface area contributed by atoms with Crippen LogP contribution in [-0.4, -0.2) is 21.3 Å². The van der Waals surface area contributed by atoms with Crippen LogP contribution in [0.15, 0.2) is 64.2 Å². The van der Waals surface area contributed by atoms with Gasteiger partial charge in [-0.3, -0.25) is 4.79 Å². The van der Waals surface area contributed by atoms with E-state index >= 15 is 0 Å². The average molecular weight is 360 g/mol. The van der Waals surface area contributed by atoms with Gasteiger partial charge in [0.05, 0.1) is 0 Å². The van der Waals surface area contributed by atoms with E-state index in [1.54, 1.807) is 19.1 Å². The maximum absolute atomic E-state index is 11.1. The zero-order chi connectivity index (χ0) is 17.1. The van der Waals surface area contributed by atoms with E-state index in [1.165, 1.54) is 0 Å². The predicted molar refractivity (Wildman–Crippen MR) is 95.3 cm³/mol. The van der Waals surface area contributed by atoms with Gasteiger partial charge in [-0.05, 0) is 19.1 Å². The van der Waals surface area contributed by atoms with E-state index in [0.717, 1.165) is 22.9 Å². The van der Waals surface area contributed by atoms with E-state index in [0.29, 0.717) is 21.7 Å². The van der Waals surface area contributed by atoms with E-state index in [9.17, 15) is 4.79 Å². The molecule has 0 aliphatic rings. The molecule has 1 aromatic heterocycles. The van der Waals surface area contributed by atoms with Crippen LogP contribution >= 0.6 is 23.4 Å². The van der Waals surface area contributed by atoms with Gasteiger partial charge in [0.15, 0.2) is 5.76 Å². The summed E-state index contributed by atoms with van der Waals surface area (Å²) in [5.74, 6) is -0.300. The predicted octanol–water partition coefficient (Wildman–Crippen LogP) is 5.23. The Hall–Kier alpha value is -2.24. The first kappa shape index (κ1) is 16.6. The Morgan fingerprint density at radius 2 is 1.79 bits per heavy atom. The summed E-state index contributed by atoms with van der Waals surface area (Å²) in [6.07, 6.45) is 0. The molecule has 1 heterocycles. The van der Waals surface area contributed by atoms with Crippen molar-refractivity contribution < 1.29 is 14.3 Å². The van der Waals surface area contributed by atoms with Crippen molar-refractivity contribution in [3.05, 3.63) is 59.6 Å². The Kier molecular flexibility index (Phi) is 4.92. The van der Waals surface area contributed by atoms with E-state index < -0.39 is 11.2 Å². The molecule has 1 atom stereocenters. The van der Waals surface area contributed by atoms with Crippen LogP contribution in [0, 0.1) is 0 Å². The van der Waals surface area contributed by atoms with Crippen molar-refractivity contribution in [1.82, 2.24) is 4.98 Å². The summed E-state index contributed by atoms with van der Waals surface area (Å²) in [5.41, 5.74) is 2.40. The molecule has 0 spiro atoms. The van der Waals surface area contributed by atoms with Gasteiger partial charge < -0.3 is 9.52 Å². The summed E-state index contributed by atoms with van der Waals surface area (Å²) in [4.78, 5) is 15.6. The summed E-state index contributed by atoms with van der Waals surface area (Å²) < 4.78 is 5.86. The van der Waals surface area contributed by atoms with Crippen LogP contribution < -0.4 is 0 Å². The number of hydrogen-bond donors (Lipinski definition) is 1. The quantitative estimate of drug-likeness (QED) is 0.632. The van der Waals surface area contributed by atoms with Gasteiger partial charge in [0.1, 0.15) is 10.9 Å². The highest BCUT2D eigenvalue weighted by atomic mass is 35.5. The maximum atomic E-state index is 11.1. The molecule has 4 nitrogen and oxygen atoms in total. The minimum absolute atomic E-state index is 0.328. The molecule has 0 amide bonds. The Morgan fingerprint density at radius 1 is 1.12 bits per heavy atom. The van der Waals surface area contributed by atoms with Gasteiger partial charge in [0, 0.05) is 16.1 Å². The lowest BCUT2D eigenvalue weighted by atomic mass is 10.1. The number of benzene rings is 2. The number of thioether (sulfide) groups is 1. The number of carbonyl (C=O) groups is 1. The first-order valence-corrected chi connectivity index (χ1v) is 8.52. The van der Waals surface area contributed by atoms with Gasteiger partial charge in [-0.2, -0.15) is 0 Å². The van der Waals surface area contributed by atoms with E-state index in [4.69, 9.17) is 21.1 Å². The summed E-state index contributed by atoms with van der Waals surface area (Å²) in [5, 5.41) is 9.40. The van der Waals surface area contributed by atoms with E-state index in [-0.39, 0.29) is 0 Å². The second-order valence-electron chi connectivity index (χ2n) is 5.13. The normalized spacial score (nSPS) is 12.1. The molecule has 0 aliphatic carbocycles. The minimum Gasteiger partial charge on any atom is -0.480 e. The largest absolute Gasteiger partial charge is 0.480 e. The second-order valence-corrected chi connectivity index (χ2v) is 6.86. The Labute approximate surface area is 148 Å². The molecular formula is C18H14ClNO3S. The standard InChI is InChI=1S/C18H14ClNO3S/c1-11(17(21)22)24-18-20-15(12-7-9-14(19)10-8-12)16(23-18)13-5-3-2-4-6-13/h2-11H,1H3,(H,21,22). The number of aromatic nitrogens is 1. The fourth-order valence-corrected chi connectivity index (χ4v) is 2.95. The molecule has 24 heavy (non-hydrogen) atoms. The summed E-state index contributed by atoms with van der Waals surface area (Å²) in [6, 6.07) is 16.9. The smallest absolute Gasteiger partial charge is 0.316 e. The molecule has 0 radical (unpaired) electrons. The molecular weight excluding hydrogens is 346 g/mol. The summed E-state index contributed by atoms with van der Waals surface area (Å²) in [6.45, 7) is 1.60. The molecule has 2 aromatic carbocycles. The Bertz CT molecular complexity index is 846. The van der Waals surface area contributed by atoms with Crippen molar-refractivity contribution in [2.24, 2.45) is 0 Å². The highest BCUT2D eigenvalue weighted by Gasteiger charge is 2.21. The van der Waals surface area contributed by atoms with Crippen molar-refractivity contribution in [2.75, 3.05) is 0 Å². The number of nitrogens with zero attached hydrogens (tertiary/aromatic N) is 1. The molecule has 0 aliphatic heterocycles. The summed E-state index contributed by atoms with van der Waals surface area (Å²) in [7, 11) is 0. The van der Waals surface area contributed by atoms with Gasteiger partial charge in [-0.25, -0.2) is 4.98 Å². The molecule has 1 N–H and O–H groups in total. The molecule has 122 valence electrons. The van der Waals surface area contributed by atoms with Crippen LogP contribution in [0.1, 0.15) is 6.92 Å². The Morgan fingerprint density at radius 3 is 2.42 bits per heavy atom. The van der Waals surface area contributed by atoms with Crippen LogP contribution in [0.2, 0.25) is 5.02 Å². The number of carboxylic acids is 1. The van der Waals surface area contributed by atoms with Crippen molar-refractivity contribution in [2.45, 2.75) is 17.4 Å². The van der Waals surface area contributed by atoms with Gasteiger partial charge in [0.25, 0.3) is 5.22 Å². The lowest BCUT2D eigenvalue weighted by molar-refractivity contribution is -0.136. The molecule has 0 bridgehead atoms. The summed E-state index contributed by atoms with van der Waals surface area (Å²) >= 11 is 7.03. The lowest BCUT2D eigenvalue weighted by Crippen LogP contribution is -2.10. The SMILES string of the molecule is CC(Sc1nc(-c2ccc(Cl)cc2)c(-c2ccccc2)o1)C(=O)O. The highest BCUT2D eigenvalue weighted by Crippen LogP contribution is 2.36. The number of hydrogen-bond acceptors (Lipinski definition) is 4. The van der Waals surface area contributed by atoms with Gasteiger partial charge in [-0.1, -0.05) is 65.8 Å². The van der Waals surface area contributed by atoms with Crippen molar-refractivity contribution in [3.8, 4) is 22.6 Å². The van der Waals surface area contributed by atoms with Crippen LogP contribution in [0.25, 0.3) is 22.6 Å². The van der Waals surface area contributed by atoms with Crippen LogP contribution in [0.5, 0.6) is 0 Å². The number of halogens is 1. The topological polar surface area (TPSA) is 63.3 Å². The number of rotatable bonds is 5. The first-order valence-electron chi connectivity index (χ1n) is 7.26. The van der Waals surface area contributed by atoms with Crippen molar-refractivity contribution in [3.63, 3.8) is 0 Å². The fraction of sp³-hybridized carbons (Fsp3) is 0.111. The first-order chi connectivity index (χ1) is 11.5. The van der Waals surface area contributed by atoms with E-state index in [2.05, 4.69) is 4.98 Å². The molecule has 0 fully saturated rings. The van der Waals surface area contributed by atoms with E-state index in [1.807, 2.05) is 42.5 Å². The second kappa shape index (κ2) is 7.11. The minimum atomic E-state index is -0.910. The lowest BCUT2D eigenvalue weighted by Gasteiger charge is -2.01. The van der Waals surface area contributed by atoms with Crippen molar-refractivity contribution >= 4 is 29.3 Å². The molecule has 0 saturated carbocycles. The molecule has 1 unspecified atom stereocenters. The third kappa shape index (κ3) is 3.63. The zero-order valence-corrected chi connectivity index (χ0v) is 14.3. The van der Waals surface area contributed by atoms with Gasteiger partial charge in [-0.15, -0.1) is 0 Å². The molecule has 0 saturated heterocycles. The Balaban J connectivity index is 2.06. The average Bonchev–Trinajstić information content (AvgIpc) is 3.00. The zero-order valence-electron chi connectivity index (χ0n) is 12.8. The molecule has 3 aromatic rings. The van der Waals surface area contributed by atoms with Gasteiger partial charge in [0.2, 0.25) is 0 Å². The fourth-order valence-electron chi connectivity index (χ4n) is 2.14. The van der Waals surface area contributed by atoms with Crippen LogP contribution in [0.4, 0.5) is 0 Å². The maximum Gasteiger partial charge on any atom is 0.316 e. The number of aliphatic carboxylic acids is 1. The molecule has 6 heteroatoms. The van der Waals surface area contributed by atoms with Gasteiger partial charge >= 0.3 is 5.97 Å². The highest BCUT2D eigenvalue weighted by molar-refractivity contribution is 8.00. The van der Waals surface area contributed by atoms with Crippen LogP contribution in [0.3, 0.4) is 0 Å². The molecule has 3 rings (SSSR count). The third-order valence-corrected chi connectivity index (χ3v) is 4.57. The monoisotopic (exact) mass is 359 g/mol. The third-order valence-electron chi connectivity index (χ3n) is 3.39. The van der Waals surface area contributed by atoms with Crippen LogP contribution in [-0.2, 0) is 4.79 Å². The van der Waals surface area contributed by atoms with Crippen molar-refractivity contribution in [1.29, 1.82) is 0 Å².